The van der Waals surface area contributed by atoms with Gasteiger partial charge in [-0.3, -0.25) is 0 Å². The van der Waals surface area contributed by atoms with Crippen LogP contribution >= 0.6 is 0 Å². The van der Waals surface area contributed by atoms with Gasteiger partial charge < -0.3 is 9.33 Å². The molecule has 0 amide bonds. The Balaban J connectivity index is 3.22. The highest BCUT2D eigenvalue weighted by atomic mass is 28.4. The molecule has 3 heteroatoms. The van der Waals surface area contributed by atoms with Crippen molar-refractivity contribution in [2.75, 3.05) is 19.0 Å². The van der Waals surface area contributed by atoms with Crippen molar-refractivity contribution in [1.29, 1.82) is 0 Å². The average Bonchev–Trinajstić information content (AvgIpc) is 2.34. The van der Waals surface area contributed by atoms with Gasteiger partial charge in [-0.1, -0.05) is 39.0 Å². The molecule has 1 aromatic carbocycles. The first-order valence-corrected chi connectivity index (χ1v) is 10.9. The molecule has 0 saturated heterocycles. The van der Waals surface area contributed by atoms with Gasteiger partial charge in [-0.25, -0.2) is 0 Å². The molecule has 0 unspecified atom stereocenters. The number of nitrogens with zero attached hydrogens (tertiary/aromatic N) is 1. The Morgan fingerprint density at radius 1 is 1.23 bits per heavy atom. The molecular weight excluding hydrogens is 286 g/mol. The van der Waals surface area contributed by atoms with E-state index in [-0.39, 0.29) is 5.04 Å². The molecule has 0 bridgehead atoms. The smallest absolute Gasteiger partial charge is 0.192 e. The van der Waals surface area contributed by atoms with E-state index in [0.29, 0.717) is 6.61 Å². The molecule has 0 radical (unpaired) electrons. The first-order valence-electron chi connectivity index (χ1n) is 7.98. The highest BCUT2D eigenvalue weighted by Crippen LogP contribution is 2.38. The zero-order valence-electron chi connectivity index (χ0n) is 15.9. The highest BCUT2D eigenvalue weighted by molar-refractivity contribution is 6.74. The Morgan fingerprint density at radius 3 is 2.18 bits per heavy atom. The van der Waals surface area contributed by atoms with Crippen LogP contribution in [0.4, 0.5) is 5.69 Å². The Morgan fingerprint density at radius 2 is 1.77 bits per heavy atom. The van der Waals surface area contributed by atoms with Gasteiger partial charge in [0.2, 0.25) is 0 Å². The summed E-state index contributed by atoms with van der Waals surface area (Å²) in [6.07, 6.45) is 0. The molecule has 0 spiro atoms. The third kappa shape index (κ3) is 4.02. The molecule has 0 aromatic heterocycles. The lowest BCUT2D eigenvalue weighted by Crippen LogP contribution is -2.40. The molecule has 0 aliphatic carbocycles. The zero-order chi connectivity index (χ0) is 17.3. The molecule has 1 aromatic rings. The van der Waals surface area contributed by atoms with Gasteiger partial charge in [0.1, 0.15) is 0 Å². The number of allylic oxidation sites excluding steroid dienone is 1. The second-order valence-electron chi connectivity index (χ2n) is 7.96. The normalized spacial score (nSPS) is 12.4. The van der Waals surface area contributed by atoms with Crippen LogP contribution in [0.1, 0.15) is 44.4 Å². The van der Waals surface area contributed by atoms with Crippen molar-refractivity contribution in [3.63, 3.8) is 0 Å². The van der Waals surface area contributed by atoms with Crippen molar-refractivity contribution >= 4 is 19.6 Å². The van der Waals surface area contributed by atoms with Gasteiger partial charge in [0.15, 0.2) is 8.32 Å². The Hall–Kier alpha value is -1.06. The van der Waals surface area contributed by atoms with Crippen LogP contribution in [-0.2, 0) is 11.0 Å². The van der Waals surface area contributed by atoms with Gasteiger partial charge in [0, 0.05) is 25.3 Å². The summed E-state index contributed by atoms with van der Waals surface area (Å²) in [6, 6.07) is 4.35. The number of rotatable bonds is 5. The molecule has 0 heterocycles. The summed E-state index contributed by atoms with van der Waals surface area (Å²) in [6.45, 7) is 20.5. The van der Waals surface area contributed by atoms with Gasteiger partial charge in [-0.2, -0.15) is 0 Å². The minimum atomic E-state index is -1.75. The maximum absolute atomic E-state index is 6.47. The molecule has 124 valence electrons. The first-order chi connectivity index (χ1) is 9.88. The van der Waals surface area contributed by atoms with Crippen molar-refractivity contribution in [2.45, 2.75) is 59.4 Å². The Bertz CT molecular complexity index is 553. The number of hydrogen-bond donors (Lipinski definition) is 0. The number of anilines is 1. The summed E-state index contributed by atoms with van der Waals surface area (Å²) >= 11 is 0. The van der Waals surface area contributed by atoms with Crippen molar-refractivity contribution < 1.29 is 4.43 Å². The lowest BCUT2D eigenvalue weighted by atomic mass is 9.96. The summed E-state index contributed by atoms with van der Waals surface area (Å²) in [7, 11) is 2.42. The van der Waals surface area contributed by atoms with E-state index in [4.69, 9.17) is 4.43 Å². The van der Waals surface area contributed by atoms with Gasteiger partial charge >= 0.3 is 0 Å². The van der Waals surface area contributed by atoms with Crippen LogP contribution in [0, 0.1) is 6.92 Å². The molecule has 22 heavy (non-hydrogen) atoms. The quantitative estimate of drug-likeness (QED) is 0.653. The summed E-state index contributed by atoms with van der Waals surface area (Å²) in [5, 5.41) is 0.227. The monoisotopic (exact) mass is 319 g/mol. The maximum Gasteiger partial charge on any atom is 0.192 e. The summed E-state index contributed by atoms with van der Waals surface area (Å²) in [5.74, 6) is 0. The molecule has 1 rings (SSSR count). The fraction of sp³-hybridized carbons (Fsp3) is 0.579. The summed E-state index contributed by atoms with van der Waals surface area (Å²) in [5.41, 5.74) is 6.16. The van der Waals surface area contributed by atoms with Crippen LogP contribution in [-0.4, -0.2) is 22.4 Å². The first kappa shape index (κ1) is 19.0. The van der Waals surface area contributed by atoms with Crippen molar-refractivity contribution in [2.24, 2.45) is 0 Å². The van der Waals surface area contributed by atoms with Crippen LogP contribution in [0.5, 0.6) is 0 Å². The third-order valence-electron chi connectivity index (χ3n) is 4.90. The van der Waals surface area contributed by atoms with Crippen molar-refractivity contribution in [3.8, 4) is 0 Å². The van der Waals surface area contributed by atoms with Gasteiger partial charge in [-0.05, 0) is 49.2 Å². The summed E-state index contributed by atoms with van der Waals surface area (Å²) < 4.78 is 6.47. The topological polar surface area (TPSA) is 12.5 Å². The fourth-order valence-corrected chi connectivity index (χ4v) is 3.21. The molecule has 0 saturated carbocycles. The van der Waals surface area contributed by atoms with E-state index in [0.717, 1.165) is 5.57 Å². The second-order valence-corrected chi connectivity index (χ2v) is 12.8. The van der Waals surface area contributed by atoms with Gasteiger partial charge in [-0.15, -0.1) is 0 Å². The van der Waals surface area contributed by atoms with E-state index in [2.05, 4.69) is 85.4 Å². The van der Waals surface area contributed by atoms with E-state index >= 15 is 0 Å². The number of benzene rings is 1. The number of hydrogen-bond acceptors (Lipinski definition) is 2. The predicted molar refractivity (Wildman–Crippen MR) is 102 cm³/mol. The van der Waals surface area contributed by atoms with Crippen LogP contribution in [0.25, 0.3) is 5.57 Å². The van der Waals surface area contributed by atoms with Gasteiger partial charge in [0.25, 0.3) is 0 Å². The van der Waals surface area contributed by atoms with Crippen LogP contribution < -0.4 is 4.90 Å². The SMILES string of the molecule is C=C(C)c1ccc(N(C)C)c(CO[Si](C)(C)C(C)(C)C)c1C. The lowest BCUT2D eigenvalue weighted by molar-refractivity contribution is 0.276. The average molecular weight is 320 g/mol. The molecular formula is C19H33NOSi. The lowest BCUT2D eigenvalue weighted by Gasteiger charge is -2.37. The predicted octanol–water partition coefficient (Wildman–Crippen LogP) is 5.62. The second kappa shape index (κ2) is 6.59. The minimum Gasteiger partial charge on any atom is -0.412 e. The Labute approximate surface area is 138 Å². The third-order valence-corrected chi connectivity index (χ3v) is 9.38. The molecule has 0 aliphatic heterocycles. The van der Waals surface area contributed by atoms with E-state index in [9.17, 15) is 0 Å². The van der Waals surface area contributed by atoms with Crippen LogP contribution in [0.3, 0.4) is 0 Å². The van der Waals surface area contributed by atoms with Crippen LogP contribution in [0.15, 0.2) is 18.7 Å². The molecule has 0 aliphatic rings. The molecule has 2 nitrogen and oxygen atoms in total. The van der Waals surface area contributed by atoms with Crippen molar-refractivity contribution in [3.05, 3.63) is 35.4 Å². The zero-order valence-corrected chi connectivity index (χ0v) is 16.9. The standard InChI is InChI=1S/C19H33NOSi/c1-14(2)16-11-12-18(20(7)8)17(15(16)3)13-21-22(9,10)19(4,5)6/h11-12H,1,13H2,2-10H3. The van der Waals surface area contributed by atoms with Gasteiger partial charge in [0.05, 0.1) is 6.61 Å². The van der Waals surface area contributed by atoms with E-state index in [1.54, 1.807) is 0 Å². The fourth-order valence-electron chi connectivity index (χ4n) is 2.28. The van der Waals surface area contributed by atoms with E-state index in [1.165, 1.54) is 22.4 Å². The van der Waals surface area contributed by atoms with E-state index in [1.807, 2.05) is 0 Å². The largest absolute Gasteiger partial charge is 0.412 e. The van der Waals surface area contributed by atoms with Crippen LogP contribution in [0.2, 0.25) is 18.1 Å². The molecule has 0 atom stereocenters. The molecule has 0 fully saturated rings. The van der Waals surface area contributed by atoms with E-state index < -0.39 is 8.32 Å². The minimum absolute atomic E-state index is 0.227. The Kier molecular flexibility index (Phi) is 5.69. The molecule has 0 N–H and O–H groups in total. The summed E-state index contributed by atoms with van der Waals surface area (Å²) in [4.78, 5) is 2.17. The van der Waals surface area contributed by atoms with Crippen molar-refractivity contribution in [1.82, 2.24) is 0 Å². The highest BCUT2D eigenvalue weighted by Gasteiger charge is 2.37. The maximum atomic E-state index is 6.47.